The van der Waals surface area contributed by atoms with E-state index in [4.69, 9.17) is 10.00 Å². The molecule has 2 aromatic rings. The Kier molecular flexibility index (Phi) is 5.16. The molecule has 0 radical (unpaired) electrons. The van der Waals surface area contributed by atoms with Gasteiger partial charge in [0, 0.05) is 17.3 Å². The highest BCUT2D eigenvalue weighted by Crippen LogP contribution is 2.28. The third-order valence-corrected chi connectivity index (χ3v) is 3.62. The molecular weight excluding hydrogens is 316 g/mol. The molecule has 0 bridgehead atoms. The largest absolute Gasteiger partial charge is 0.384 e. The minimum Gasteiger partial charge on any atom is -0.384 e. The van der Waals surface area contributed by atoms with Crippen LogP contribution < -0.4 is 5.32 Å². The van der Waals surface area contributed by atoms with Crippen LogP contribution in [0.25, 0.3) is 0 Å². The van der Waals surface area contributed by atoms with Crippen molar-refractivity contribution in [1.29, 1.82) is 5.26 Å². The van der Waals surface area contributed by atoms with Crippen molar-refractivity contribution in [2.75, 3.05) is 19.0 Å². The molecule has 3 nitrogen and oxygen atoms in total. The number of anilines is 2. The molecular formula is C16H15BrN2O. The van der Waals surface area contributed by atoms with Gasteiger partial charge < -0.3 is 10.1 Å². The van der Waals surface area contributed by atoms with Gasteiger partial charge in [-0.15, -0.1) is 0 Å². The number of nitriles is 1. The van der Waals surface area contributed by atoms with Crippen molar-refractivity contribution in [2.24, 2.45) is 0 Å². The van der Waals surface area contributed by atoms with Crippen LogP contribution in [0.2, 0.25) is 0 Å². The van der Waals surface area contributed by atoms with E-state index in [1.165, 1.54) is 5.56 Å². The quantitative estimate of drug-likeness (QED) is 0.891. The van der Waals surface area contributed by atoms with E-state index in [-0.39, 0.29) is 0 Å². The minimum atomic E-state index is 0.634. The number of para-hydroxylation sites is 1. The van der Waals surface area contributed by atoms with Crippen molar-refractivity contribution < 1.29 is 4.74 Å². The second-order valence-electron chi connectivity index (χ2n) is 4.33. The molecule has 0 aliphatic heterocycles. The number of hydrogen-bond acceptors (Lipinski definition) is 3. The van der Waals surface area contributed by atoms with Crippen LogP contribution in [0, 0.1) is 11.3 Å². The first-order valence-electron chi connectivity index (χ1n) is 6.28. The molecule has 0 aromatic heterocycles. The molecule has 1 N–H and O–H groups in total. The molecule has 0 unspecified atom stereocenters. The van der Waals surface area contributed by atoms with Gasteiger partial charge in [-0.2, -0.15) is 5.26 Å². The molecule has 0 spiro atoms. The highest BCUT2D eigenvalue weighted by Gasteiger charge is 2.05. The highest BCUT2D eigenvalue weighted by molar-refractivity contribution is 9.10. The van der Waals surface area contributed by atoms with Gasteiger partial charge in [-0.1, -0.05) is 18.2 Å². The van der Waals surface area contributed by atoms with Crippen LogP contribution in [0.15, 0.2) is 46.9 Å². The zero-order valence-electron chi connectivity index (χ0n) is 11.2. The van der Waals surface area contributed by atoms with Gasteiger partial charge in [-0.25, -0.2) is 0 Å². The van der Waals surface area contributed by atoms with Gasteiger partial charge in [0.1, 0.15) is 0 Å². The van der Waals surface area contributed by atoms with Crippen molar-refractivity contribution in [3.63, 3.8) is 0 Å². The molecule has 20 heavy (non-hydrogen) atoms. The van der Waals surface area contributed by atoms with Gasteiger partial charge in [0.05, 0.1) is 23.9 Å². The lowest BCUT2D eigenvalue weighted by molar-refractivity contribution is 0.202. The maximum absolute atomic E-state index is 8.88. The fourth-order valence-corrected chi connectivity index (χ4v) is 2.38. The van der Waals surface area contributed by atoms with Gasteiger partial charge in [-0.3, -0.25) is 0 Å². The smallest absolute Gasteiger partial charge is 0.0992 e. The lowest BCUT2D eigenvalue weighted by atomic mass is 10.1. The van der Waals surface area contributed by atoms with E-state index in [1.54, 1.807) is 19.2 Å². The molecule has 0 heterocycles. The fourth-order valence-electron chi connectivity index (χ4n) is 1.90. The highest BCUT2D eigenvalue weighted by atomic mass is 79.9. The first-order chi connectivity index (χ1) is 9.74. The van der Waals surface area contributed by atoms with Crippen molar-refractivity contribution in [1.82, 2.24) is 0 Å². The van der Waals surface area contributed by atoms with Crippen molar-refractivity contribution >= 4 is 27.3 Å². The number of benzene rings is 2. The van der Waals surface area contributed by atoms with E-state index < -0.39 is 0 Å². The van der Waals surface area contributed by atoms with E-state index in [0.29, 0.717) is 12.2 Å². The van der Waals surface area contributed by atoms with E-state index in [0.717, 1.165) is 22.3 Å². The number of methoxy groups -OCH3 is 1. The average molecular weight is 331 g/mol. The third-order valence-electron chi connectivity index (χ3n) is 2.96. The Morgan fingerprint density at radius 1 is 1.20 bits per heavy atom. The number of ether oxygens (including phenoxy) is 1. The van der Waals surface area contributed by atoms with Crippen LogP contribution in [0.5, 0.6) is 0 Å². The molecule has 0 atom stereocenters. The van der Waals surface area contributed by atoms with Gasteiger partial charge >= 0.3 is 0 Å². The van der Waals surface area contributed by atoms with E-state index in [9.17, 15) is 0 Å². The normalized spacial score (nSPS) is 10.1. The number of nitrogens with zero attached hydrogens (tertiary/aromatic N) is 1. The van der Waals surface area contributed by atoms with Crippen molar-refractivity contribution in [3.05, 3.63) is 58.1 Å². The second kappa shape index (κ2) is 7.09. The predicted octanol–water partition coefficient (Wildman–Crippen LogP) is 4.25. The topological polar surface area (TPSA) is 45.0 Å². The van der Waals surface area contributed by atoms with E-state index in [2.05, 4.69) is 33.4 Å². The molecule has 0 aliphatic rings. The molecule has 0 amide bonds. The Labute approximate surface area is 127 Å². The molecule has 2 aromatic carbocycles. The lowest BCUT2D eigenvalue weighted by Gasteiger charge is -2.13. The summed E-state index contributed by atoms with van der Waals surface area (Å²) in [5.74, 6) is 0. The van der Waals surface area contributed by atoms with Gasteiger partial charge in [0.15, 0.2) is 0 Å². The predicted molar refractivity (Wildman–Crippen MR) is 84.2 cm³/mol. The van der Waals surface area contributed by atoms with E-state index in [1.807, 2.05) is 24.3 Å². The van der Waals surface area contributed by atoms with Gasteiger partial charge in [-0.05, 0) is 52.2 Å². The SMILES string of the molecule is COCCc1ccccc1Nc1ccc(C#N)cc1Br. The number of hydrogen-bond donors (Lipinski definition) is 1. The Balaban J connectivity index is 2.24. The zero-order valence-corrected chi connectivity index (χ0v) is 12.8. The fraction of sp³-hybridized carbons (Fsp3) is 0.188. The van der Waals surface area contributed by atoms with Crippen LogP contribution in [-0.4, -0.2) is 13.7 Å². The number of rotatable bonds is 5. The monoisotopic (exact) mass is 330 g/mol. The summed E-state index contributed by atoms with van der Waals surface area (Å²) >= 11 is 3.48. The van der Waals surface area contributed by atoms with Gasteiger partial charge in [0.2, 0.25) is 0 Å². The number of halogens is 1. The van der Waals surface area contributed by atoms with Crippen molar-refractivity contribution in [2.45, 2.75) is 6.42 Å². The van der Waals surface area contributed by atoms with E-state index >= 15 is 0 Å². The number of nitrogens with one attached hydrogen (secondary N) is 1. The Morgan fingerprint density at radius 3 is 2.70 bits per heavy atom. The van der Waals surface area contributed by atoms with Crippen LogP contribution in [0.1, 0.15) is 11.1 Å². The minimum absolute atomic E-state index is 0.634. The van der Waals surface area contributed by atoms with Gasteiger partial charge in [0.25, 0.3) is 0 Å². The molecule has 0 aliphatic carbocycles. The molecule has 0 saturated heterocycles. The second-order valence-corrected chi connectivity index (χ2v) is 5.19. The average Bonchev–Trinajstić information content (AvgIpc) is 2.48. The van der Waals surface area contributed by atoms with Crippen LogP contribution >= 0.6 is 15.9 Å². The standard InChI is InChI=1S/C16H15BrN2O/c1-20-9-8-13-4-2-3-5-15(13)19-16-7-6-12(11-18)10-14(16)17/h2-7,10,19H,8-9H2,1H3. The Morgan fingerprint density at radius 2 is 2.00 bits per heavy atom. The summed E-state index contributed by atoms with van der Waals surface area (Å²) in [6.45, 7) is 0.688. The lowest BCUT2D eigenvalue weighted by Crippen LogP contribution is -2.00. The summed E-state index contributed by atoms with van der Waals surface area (Å²) in [5.41, 5.74) is 3.82. The molecule has 4 heteroatoms. The molecule has 0 fully saturated rings. The molecule has 2 rings (SSSR count). The maximum Gasteiger partial charge on any atom is 0.0992 e. The van der Waals surface area contributed by atoms with Crippen molar-refractivity contribution in [3.8, 4) is 6.07 Å². The maximum atomic E-state index is 8.88. The Hall–Kier alpha value is -1.83. The summed E-state index contributed by atoms with van der Waals surface area (Å²) in [4.78, 5) is 0. The first-order valence-corrected chi connectivity index (χ1v) is 7.07. The summed E-state index contributed by atoms with van der Waals surface area (Å²) in [7, 11) is 1.70. The molecule has 102 valence electrons. The summed E-state index contributed by atoms with van der Waals surface area (Å²) in [6, 6.07) is 15.8. The zero-order chi connectivity index (χ0) is 14.4. The Bertz CT molecular complexity index is 635. The third kappa shape index (κ3) is 3.60. The summed E-state index contributed by atoms with van der Waals surface area (Å²) < 4.78 is 6.01. The van der Waals surface area contributed by atoms with Crippen LogP contribution in [0.3, 0.4) is 0 Å². The summed E-state index contributed by atoms with van der Waals surface area (Å²) in [5, 5.41) is 12.3. The first kappa shape index (κ1) is 14.6. The van der Waals surface area contributed by atoms with Crippen LogP contribution in [-0.2, 0) is 11.2 Å². The van der Waals surface area contributed by atoms with Crippen LogP contribution in [0.4, 0.5) is 11.4 Å². The molecule has 0 saturated carbocycles. The summed E-state index contributed by atoms with van der Waals surface area (Å²) in [6.07, 6.45) is 0.855.